The van der Waals surface area contributed by atoms with Crippen LogP contribution in [0.5, 0.6) is 5.88 Å². The molecule has 0 spiro atoms. The van der Waals surface area contributed by atoms with E-state index in [1.165, 1.54) is 24.4 Å². The van der Waals surface area contributed by atoms with Crippen LogP contribution in [-0.4, -0.2) is 61.2 Å². The molecule has 0 saturated heterocycles. The third-order valence-corrected chi connectivity index (χ3v) is 8.94. The summed E-state index contributed by atoms with van der Waals surface area (Å²) in [7, 11) is -4.55. The molecule has 8 nitrogen and oxygen atoms in total. The first-order valence-corrected chi connectivity index (χ1v) is 15.8. The van der Waals surface area contributed by atoms with Gasteiger partial charge in [0, 0.05) is 24.8 Å². The second kappa shape index (κ2) is 14.5. The number of likely N-dealkylation sites (N-methyl/N-ethyl adjacent to an activating group) is 1. The quantitative estimate of drug-likeness (QED) is 0.251. The number of hydrogen-bond donors (Lipinski definition) is 3. The SMILES string of the molecule is CCN(CC)CCNC(=O)C1=C(C)C(=Cc2ccc(S(=O)(=O)Cc3ccc(C(F)(F)F)cc3C(F)(F)F)ccc[nH]c2O)N=C1C. The van der Waals surface area contributed by atoms with Crippen molar-refractivity contribution in [2.24, 2.45) is 4.99 Å². The Morgan fingerprint density at radius 2 is 1.70 bits per heavy atom. The number of carbonyl (C=O) groups is 1. The minimum absolute atomic E-state index is 0.0206. The molecule has 0 saturated carbocycles. The molecule has 0 unspecified atom stereocenters. The summed E-state index contributed by atoms with van der Waals surface area (Å²) in [5, 5.41) is 13.5. The van der Waals surface area contributed by atoms with Crippen LogP contribution in [0.3, 0.4) is 0 Å². The highest BCUT2D eigenvalue weighted by atomic mass is 32.2. The molecule has 250 valence electrons. The van der Waals surface area contributed by atoms with Gasteiger partial charge in [-0.3, -0.25) is 9.79 Å². The molecule has 15 heteroatoms. The first-order chi connectivity index (χ1) is 21.4. The number of aromatic nitrogens is 1. The molecule has 3 N–H and O–H groups in total. The summed E-state index contributed by atoms with van der Waals surface area (Å²) < 4.78 is 107. The maximum absolute atomic E-state index is 13.7. The Morgan fingerprint density at radius 3 is 2.30 bits per heavy atom. The van der Waals surface area contributed by atoms with Gasteiger partial charge in [-0.1, -0.05) is 19.9 Å². The molecule has 0 fully saturated rings. The minimum atomic E-state index is -5.25. The number of hydrogen-bond acceptors (Lipinski definition) is 6. The number of aliphatic imine (C=N–C) groups is 1. The Kier molecular flexibility index (Phi) is 11.5. The normalized spacial score (nSPS) is 14.9. The highest BCUT2D eigenvalue weighted by Gasteiger charge is 2.39. The molecular weight excluding hydrogens is 638 g/mol. The molecule has 3 rings (SSSR count). The zero-order valence-corrected chi connectivity index (χ0v) is 26.3. The number of H-pyrrole nitrogens is 1. The Morgan fingerprint density at radius 1 is 1.02 bits per heavy atom. The van der Waals surface area contributed by atoms with Gasteiger partial charge in [-0.15, -0.1) is 0 Å². The highest BCUT2D eigenvalue weighted by Crippen LogP contribution is 2.38. The van der Waals surface area contributed by atoms with E-state index in [0.717, 1.165) is 25.2 Å². The van der Waals surface area contributed by atoms with E-state index in [1.54, 1.807) is 13.8 Å². The van der Waals surface area contributed by atoms with Gasteiger partial charge in [0.15, 0.2) is 15.7 Å². The van der Waals surface area contributed by atoms with Crippen LogP contribution in [0.15, 0.2) is 75.4 Å². The summed E-state index contributed by atoms with van der Waals surface area (Å²) in [6, 6.07) is 5.23. The maximum atomic E-state index is 13.7. The molecule has 1 aliphatic rings. The van der Waals surface area contributed by atoms with Gasteiger partial charge in [-0.05, 0) is 80.5 Å². The average Bonchev–Trinajstić information content (AvgIpc) is 3.28. The van der Waals surface area contributed by atoms with E-state index in [-0.39, 0.29) is 17.5 Å². The van der Waals surface area contributed by atoms with E-state index < -0.39 is 55.4 Å². The Bertz CT molecular complexity index is 1720. The lowest BCUT2D eigenvalue weighted by Crippen LogP contribution is -2.36. The van der Waals surface area contributed by atoms with Crippen molar-refractivity contribution < 1.29 is 44.7 Å². The summed E-state index contributed by atoms with van der Waals surface area (Å²) >= 11 is 0. The molecule has 1 aromatic carbocycles. The number of allylic oxidation sites excluding steroid dienone is 1. The van der Waals surface area contributed by atoms with Gasteiger partial charge >= 0.3 is 12.4 Å². The van der Waals surface area contributed by atoms with Crippen molar-refractivity contribution in [2.45, 2.75) is 50.7 Å². The zero-order chi connectivity index (χ0) is 34.4. The minimum Gasteiger partial charge on any atom is -0.494 e. The molecule has 0 atom stereocenters. The van der Waals surface area contributed by atoms with E-state index in [2.05, 4.69) is 20.2 Å². The van der Waals surface area contributed by atoms with Gasteiger partial charge in [0.1, 0.15) is 0 Å². The van der Waals surface area contributed by atoms with Crippen molar-refractivity contribution in [3.8, 4) is 5.88 Å². The van der Waals surface area contributed by atoms with Crippen molar-refractivity contribution in [2.75, 3.05) is 26.2 Å². The molecule has 2 aromatic rings. The van der Waals surface area contributed by atoms with Gasteiger partial charge in [-0.2, -0.15) is 26.3 Å². The molecule has 0 aliphatic carbocycles. The summed E-state index contributed by atoms with van der Waals surface area (Å²) in [4.78, 5) is 21.6. The topological polar surface area (TPSA) is 115 Å². The number of aromatic hydroxyl groups is 1. The number of rotatable bonds is 10. The van der Waals surface area contributed by atoms with Gasteiger partial charge in [0.2, 0.25) is 0 Å². The molecule has 0 radical (unpaired) electrons. The van der Waals surface area contributed by atoms with Crippen LogP contribution in [0.1, 0.15) is 49.9 Å². The van der Waals surface area contributed by atoms with E-state index in [9.17, 15) is 44.7 Å². The Balaban J connectivity index is 1.99. The van der Waals surface area contributed by atoms with Crippen molar-refractivity contribution >= 4 is 27.5 Å². The van der Waals surface area contributed by atoms with E-state index in [0.29, 0.717) is 47.8 Å². The number of benzene rings is 1. The predicted molar refractivity (Wildman–Crippen MR) is 162 cm³/mol. The monoisotopic (exact) mass is 672 g/mol. The van der Waals surface area contributed by atoms with Crippen molar-refractivity contribution in [1.82, 2.24) is 15.2 Å². The number of aromatic amines is 1. The summed E-state index contributed by atoms with van der Waals surface area (Å²) in [6.45, 7) is 10.1. The van der Waals surface area contributed by atoms with Crippen LogP contribution < -0.4 is 5.32 Å². The lowest BCUT2D eigenvalue weighted by molar-refractivity contribution is -0.143. The van der Waals surface area contributed by atoms with Gasteiger partial charge in [0.25, 0.3) is 5.91 Å². The number of alkyl halides is 6. The van der Waals surface area contributed by atoms with Crippen LogP contribution in [-0.2, 0) is 32.7 Å². The second-order valence-electron chi connectivity index (χ2n) is 10.3. The highest BCUT2D eigenvalue weighted by molar-refractivity contribution is 7.90. The largest absolute Gasteiger partial charge is 0.494 e. The van der Waals surface area contributed by atoms with Crippen LogP contribution >= 0.6 is 0 Å². The van der Waals surface area contributed by atoms with E-state index >= 15 is 0 Å². The molecule has 1 aliphatic heterocycles. The van der Waals surface area contributed by atoms with Gasteiger partial charge in [0.05, 0.1) is 38.8 Å². The maximum Gasteiger partial charge on any atom is 0.416 e. The Hall–Kier alpha value is -4.11. The summed E-state index contributed by atoms with van der Waals surface area (Å²) in [5.74, 6) is -2.01. The van der Waals surface area contributed by atoms with Crippen LogP contribution in [0.2, 0.25) is 0 Å². The third kappa shape index (κ3) is 9.00. The molecule has 0 bridgehead atoms. The lowest BCUT2D eigenvalue weighted by atomic mass is 10.0. The first-order valence-electron chi connectivity index (χ1n) is 14.1. The fraction of sp³-hybridized carbons (Fsp3) is 0.355. The molecular formula is C31H34F6N4O4S. The Labute approximate surface area is 262 Å². The van der Waals surface area contributed by atoms with Crippen molar-refractivity contribution in [3.05, 3.63) is 87.8 Å². The van der Waals surface area contributed by atoms with Crippen LogP contribution in [0.25, 0.3) is 6.08 Å². The van der Waals surface area contributed by atoms with Gasteiger partial charge in [-0.25, -0.2) is 8.42 Å². The number of nitrogens with zero attached hydrogens (tertiary/aromatic N) is 2. The van der Waals surface area contributed by atoms with Gasteiger partial charge < -0.3 is 20.3 Å². The zero-order valence-electron chi connectivity index (χ0n) is 25.5. The third-order valence-electron chi connectivity index (χ3n) is 7.26. The molecule has 1 aromatic heterocycles. The number of nitrogens with one attached hydrogen (secondary N) is 2. The lowest BCUT2D eigenvalue weighted by Gasteiger charge is -2.18. The molecule has 1 amide bonds. The standard InChI is InChI=1S/C31H34F6N4O4S/c1-5-41(6-2)15-14-39-29(43)27-19(3)26(40-20(27)4)16-21-10-12-24(8-7-13-38-28(21)42)46(44,45)18-22-9-11-23(30(32,33)34)17-25(22)31(35,36)37/h7-13,16-17,38,42H,5-6,14-15,18H2,1-4H3,(H,39,43). The second-order valence-corrected chi connectivity index (χ2v) is 12.3. The van der Waals surface area contributed by atoms with Crippen molar-refractivity contribution in [1.29, 1.82) is 0 Å². The smallest absolute Gasteiger partial charge is 0.416 e. The van der Waals surface area contributed by atoms with Crippen LogP contribution in [0, 0.1) is 0 Å². The number of amides is 1. The summed E-state index contributed by atoms with van der Waals surface area (Å²) in [5.41, 5.74) is -2.57. The predicted octanol–water partition coefficient (Wildman–Crippen LogP) is 6.45. The molecule has 2 heterocycles. The number of halogens is 6. The first kappa shape index (κ1) is 36.4. The van der Waals surface area contributed by atoms with Crippen molar-refractivity contribution in [3.63, 3.8) is 0 Å². The van der Waals surface area contributed by atoms with Crippen LogP contribution in [0.4, 0.5) is 26.3 Å². The number of carbonyl (C=O) groups excluding carboxylic acids is 1. The van der Waals surface area contributed by atoms with E-state index in [4.69, 9.17) is 0 Å². The molecule has 46 heavy (non-hydrogen) atoms. The summed E-state index contributed by atoms with van der Waals surface area (Å²) in [6.07, 6.45) is -7.74. The average molecular weight is 673 g/mol. The van der Waals surface area contributed by atoms with E-state index in [1.807, 2.05) is 13.8 Å². The fourth-order valence-electron chi connectivity index (χ4n) is 4.71. The number of sulfone groups is 1. The fourth-order valence-corrected chi connectivity index (χ4v) is 6.10.